The Balaban J connectivity index is 5.37. The van der Waals surface area contributed by atoms with Gasteiger partial charge in [0, 0.05) is 7.11 Å². The molecule has 0 aliphatic rings. The maximum absolute atomic E-state index is 6.03. The zero-order valence-corrected chi connectivity index (χ0v) is 21.2. The van der Waals surface area contributed by atoms with Crippen LogP contribution in [0.2, 0.25) is 18.6 Å². The predicted molar refractivity (Wildman–Crippen MR) is 124 cm³/mol. The third-order valence-corrected chi connectivity index (χ3v) is 10.9. The molecule has 0 heterocycles. The second-order valence-electron chi connectivity index (χ2n) is 8.95. The fourth-order valence-corrected chi connectivity index (χ4v) is 5.37. The van der Waals surface area contributed by atoms with Crippen LogP contribution in [0.4, 0.5) is 0 Å². The molecular formula is C22H51N3OSi. The minimum Gasteiger partial charge on any atom is -0.420 e. The molecule has 164 valence electrons. The van der Waals surface area contributed by atoms with Crippen LogP contribution in [0.15, 0.2) is 0 Å². The quantitative estimate of drug-likeness (QED) is 0.331. The maximum atomic E-state index is 6.03. The molecule has 4 nitrogen and oxygen atoms in total. The summed E-state index contributed by atoms with van der Waals surface area (Å²) in [5.74, 6) is 0. The molecule has 0 aromatic carbocycles. The molecule has 1 unspecified atom stereocenters. The molecule has 0 amide bonds. The summed E-state index contributed by atoms with van der Waals surface area (Å²) in [4.78, 5) is 7.44. The summed E-state index contributed by atoms with van der Waals surface area (Å²) in [5, 5.41) is 0. The van der Waals surface area contributed by atoms with E-state index in [1.54, 1.807) is 0 Å². The lowest BCUT2D eigenvalue weighted by atomic mass is 9.75. The van der Waals surface area contributed by atoms with Crippen LogP contribution in [-0.4, -0.2) is 90.5 Å². The Morgan fingerprint density at radius 3 is 1.33 bits per heavy atom. The Hall–Kier alpha value is 0.0569. The SMILES string of the molecule is CCN(C)CCC(CCN(C)CC)(CCN(C)CC)CC[Si](C)(CC)OC. The highest BCUT2D eigenvalue weighted by Gasteiger charge is 2.35. The number of rotatable bonds is 17. The molecule has 5 heteroatoms. The Morgan fingerprint density at radius 2 is 1.07 bits per heavy atom. The minimum absolute atomic E-state index is 0.429. The van der Waals surface area contributed by atoms with Gasteiger partial charge in [0.1, 0.15) is 0 Å². The van der Waals surface area contributed by atoms with Crippen molar-refractivity contribution in [3.05, 3.63) is 0 Å². The molecule has 0 aliphatic carbocycles. The highest BCUT2D eigenvalue weighted by atomic mass is 28.4. The van der Waals surface area contributed by atoms with E-state index in [1.165, 1.54) is 57.4 Å². The zero-order chi connectivity index (χ0) is 20.9. The van der Waals surface area contributed by atoms with Crippen molar-refractivity contribution in [2.24, 2.45) is 5.41 Å². The van der Waals surface area contributed by atoms with Crippen molar-refractivity contribution < 1.29 is 4.43 Å². The molecule has 0 aromatic heterocycles. The van der Waals surface area contributed by atoms with E-state index in [0.717, 1.165) is 19.6 Å². The van der Waals surface area contributed by atoms with Gasteiger partial charge in [-0.15, -0.1) is 0 Å². The van der Waals surface area contributed by atoms with Gasteiger partial charge in [0.05, 0.1) is 0 Å². The molecule has 0 aromatic rings. The fraction of sp³-hybridized carbons (Fsp3) is 1.00. The third kappa shape index (κ3) is 11.0. The van der Waals surface area contributed by atoms with E-state index < -0.39 is 8.32 Å². The number of nitrogens with zero attached hydrogens (tertiary/aromatic N) is 3. The van der Waals surface area contributed by atoms with Crippen LogP contribution in [0.25, 0.3) is 0 Å². The van der Waals surface area contributed by atoms with Crippen LogP contribution < -0.4 is 0 Å². The van der Waals surface area contributed by atoms with E-state index in [4.69, 9.17) is 4.43 Å². The van der Waals surface area contributed by atoms with Crippen molar-refractivity contribution in [3.63, 3.8) is 0 Å². The number of hydrogen-bond acceptors (Lipinski definition) is 4. The van der Waals surface area contributed by atoms with Crippen LogP contribution in [0, 0.1) is 5.41 Å². The first-order chi connectivity index (χ1) is 12.7. The molecule has 27 heavy (non-hydrogen) atoms. The maximum Gasteiger partial charge on any atom is 0.188 e. The van der Waals surface area contributed by atoms with E-state index in [1.807, 2.05) is 7.11 Å². The largest absolute Gasteiger partial charge is 0.420 e. The summed E-state index contributed by atoms with van der Waals surface area (Å²) in [6, 6.07) is 2.51. The summed E-state index contributed by atoms with van der Waals surface area (Å²) in [6.07, 6.45) is 5.25. The van der Waals surface area contributed by atoms with Gasteiger partial charge >= 0.3 is 0 Å². The van der Waals surface area contributed by atoms with Gasteiger partial charge in [-0.1, -0.05) is 27.7 Å². The average molecular weight is 402 g/mol. The smallest absolute Gasteiger partial charge is 0.188 e. The molecule has 0 fully saturated rings. The molecule has 0 saturated heterocycles. The van der Waals surface area contributed by atoms with E-state index >= 15 is 0 Å². The van der Waals surface area contributed by atoms with Crippen molar-refractivity contribution >= 4 is 8.32 Å². The van der Waals surface area contributed by atoms with Gasteiger partial charge in [-0.3, -0.25) is 0 Å². The Bertz CT molecular complexity index is 327. The first-order valence-corrected chi connectivity index (χ1v) is 14.1. The lowest BCUT2D eigenvalue weighted by Crippen LogP contribution is -2.39. The van der Waals surface area contributed by atoms with E-state index in [-0.39, 0.29) is 0 Å². The summed E-state index contributed by atoms with van der Waals surface area (Å²) < 4.78 is 6.03. The highest BCUT2D eigenvalue weighted by molar-refractivity contribution is 6.72. The summed E-state index contributed by atoms with van der Waals surface area (Å²) in [5.41, 5.74) is 0.429. The minimum atomic E-state index is -1.54. The Kier molecular flexibility index (Phi) is 14.1. The highest BCUT2D eigenvalue weighted by Crippen LogP contribution is 2.39. The third-order valence-electron chi connectivity index (χ3n) is 7.12. The molecule has 0 bridgehead atoms. The predicted octanol–water partition coefficient (Wildman–Crippen LogP) is 4.63. The van der Waals surface area contributed by atoms with E-state index in [0.29, 0.717) is 5.41 Å². The van der Waals surface area contributed by atoms with Crippen LogP contribution in [0.3, 0.4) is 0 Å². The van der Waals surface area contributed by atoms with Gasteiger partial charge in [0.15, 0.2) is 8.32 Å². The second-order valence-corrected chi connectivity index (χ2v) is 13.5. The Labute approximate surface area is 172 Å². The molecular weight excluding hydrogens is 350 g/mol. The first-order valence-electron chi connectivity index (χ1n) is 11.3. The van der Waals surface area contributed by atoms with Gasteiger partial charge in [-0.05, 0) is 110 Å². The van der Waals surface area contributed by atoms with Crippen LogP contribution >= 0.6 is 0 Å². The van der Waals surface area contributed by atoms with Crippen LogP contribution in [0.1, 0.15) is 53.4 Å². The van der Waals surface area contributed by atoms with Gasteiger partial charge < -0.3 is 19.1 Å². The topological polar surface area (TPSA) is 19.0 Å². The van der Waals surface area contributed by atoms with E-state index in [9.17, 15) is 0 Å². The van der Waals surface area contributed by atoms with Crippen molar-refractivity contribution in [1.82, 2.24) is 14.7 Å². The first kappa shape index (κ1) is 27.1. The molecule has 0 rings (SSSR count). The lowest BCUT2D eigenvalue weighted by molar-refractivity contribution is 0.135. The standard InChI is InChI=1S/C22H51N3OSi/c1-10-23(5)18-14-22(15-19-24(6)11-2,16-20-25(7)12-3)17-21-27(9,13-4)26-8/h10-21H2,1-9H3. The molecule has 0 spiro atoms. The van der Waals surface area contributed by atoms with E-state index in [2.05, 4.69) is 70.1 Å². The summed E-state index contributed by atoms with van der Waals surface area (Å²) in [7, 11) is 7.20. The second kappa shape index (κ2) is 14.1. The summed E-state index contributed by atoms with van der Waals surface area (Å²) >= 11 is 0. The van der Waals surface area contributed by atoms with Gasteiger partial charge in [-0.2, -0.15) is 0 Å². The van der Waals surface area contributed by atoms with Gasteiger partial charge in [0.2, 0.25) is 0 Å². The van der Waals surface area contributed by atoms with Gasteiger partial charge in [-0.25, -0.2) is 0 Å². The summed E-state index contributed by atoms with van der Waals surface area (Å²) in [6.45, 7) is 18.6. The van der Waals surface area contributed by atoms with Crippen molar-refractivity contribution in [2.75, 3.05) is 67.5 Å². The average Bonchev–Trinajstić information content (AvgIpc) is 2.71. The molecule has 0 aliphatic heterocycles. The molecule has 0 radical (unpaired) electrons. The Morgan fingerprint density at radius 1 is 0.704 bits per heavy atom. The van der Waals surface area contributed by atoms with Crippen molar-refractivity contribution in [1.29, 1.82) is 0 Å². The fourth-order valence-electron chi connectivity index (χ4n) is 3.46. The van der Waals surface area contributed by atoms with Crippen molar-refractivity contribution in [2.45, 2.75) is 72.0 Å². The lowest BCUT2D eigenvalue weighted by Gasteiger charge is -2.40. The van der Waals surface area contributed by atoms with Crippen LogP contribution in [0.5, 0.6) is 0 Å². The van der Waals surface area contributed by atoms with Crippen molar-refractivity contribution in [3.8, 4) is 0 Å². The number of hydrogen-bond donors (Lipinski definition) is 0. The molecule has 0 saturated carbocycles. The van der Waals surface area contributed by atoms with Gasteiger partial charge in [0.25, 0.3) is 0 Å². The van der Waals surface area contributed by atoms with Crippen LogP contribution in [-0.2, 0) is 4.43 Å². The molecule has 1 atom stereocenters. The molecule has 0 N–H and O–H groups in total. The monoisotopic (exact) mass is 401 g/mol. The normalized spacial score (nSPS) is 15.1. The zero-order valence-electron chi connectivity index (χ0n) is 20.2.